The molecule has 1 atom stereocenters. The highest BCUT2D eigenvalue weighted by Crippen LogP contribution is 2.60. The lowest BCUT2D eigenvalue weighted by Gasteiger charge is -2.70. The summed E-state index contributed by atoms with van der Waals surface area (Å²) in [5.74, 6) is 0.295. The first-order chi connectivity index (χ1) is 12.8. The summed E-state index contributed by atoms with van der Waals surface area (Å²) in [6.07, 6.45) is 2.10. The van der Waals surface area contributed by atoms with Crippen molar-refractivity contribution in [2.24, 2.45) is 0 Å². The highest BCUT2D eigenvalue weighted by atomic mass is 35.5. The van der Waals surface area contributed by atoms with E-state index in [0.717, 1.165) is 19.3 Å². The molecule has 3 aliphatic carbocycles. The molecule has 8 heteroatoms. The third-order valence-electron chi connectivity index (χ3n) is 4.92. The van der Waals surface area contributed by atoms with Crippen LogP contribution in [0.15, 0.2) is 24.3 Å². The molecule has 0 heterocycles. The minimum absolute atomic E-state index is 0.0145. The minimum Gasteiger partial charge on any atom is -0.484 e. The molecule has 1 aromatic carbocycles. The summed E-state index contributed by atoms with van der Waals surface area (Å²) in [7, 11) is 1.59. The zero-order chi connectivity index (χ0) is 19.5. The summed E-state index contributed by atoms with van der Waals surface area (Å²) >= 11 is 5.81. The molecule has 0 spiro atoms. The number of carbonyl (C=O) groups is 2. The van der Waals surface area contributed by atoms with E-state index in [1.165, 1.54) is 0 Å². The van der Waals surface area contributed by atoms with Gasteiger partial charge < -0.3 is 24.8 Å². The molecule has 0 saturated heterocycles. The molecule has 2 amide bonds. The Morgan fingerprint density at radius 1 is 1.07 bits per heavy atom. The third kappa shape index (κ3) is 4.91. The predicted octanol–water partition coefficient (Wildman–Crippen LogP) is 1.68. The SMILES string of the molecule is COCC(C)OCC(=O)NC12CC(NC(=O)COc3ccc(Cl)cc3)(C1)C2. The van der Waals surface area contributed by atoms with Crippen LogP contribution in [0.1, 0.15) is 26.2 Å². The van der Waals surface area contributed by atoms with Gasteiger partial charge in [-0.3, -0.25) is 9.59 Å². The predicted molar refractivity (Wildman–Crippen MR) is 99.8 cm³/mol. The molecule has 27 heavy (non-hydrogen) atoms. The van der Waals surface area contributed by atoms with Gasteiger partial charge in [-0.05, 0) is 50.5 Å². The monoisotopic (exact) mass is 396 g/mol. The maximum absolute atomic E-state index is 12.1. The summed E-state index contributed by atoms with van der Waals surface area (Å²) in [5.41, 5.74) is -0.410. The van der Waals surface area contributed by atoms with Crippen molar-refractivity contribution >= 4 is 23.4 Å². The van der Waals surface area contributed by atoms with E-state index in [0.29, 0.717) is 17.4 Å². The fourth-order valence-electron chi connectivity index (χ4n) is 3.90. The van der Waals surface area contributed by atoms with Gasteiger partial charge in [0.25, 0.3) is 5.91 Å². The standard InChI is InChI=1S/C19H25ClN2O5/c1-13(7-25-2)26-8-16(23)21-18-10-19(11-18,12-18)22-17(24)9-27-15-5-3-14(20)4-6-15/h3-6,13H,7-12H2,1-2H3,(H,21,23)(H,22,24). The van der Waals surface area contributed by atoms with Gasteiger partial charge in [0.15, 0.2) is 6.61 Å². The molecule has 3 fully saturated rings. The van der Waals surface area contributed by atoms with Crippen molar-refractivity contribution in [1.82, 2.24) is 10.6 Å². The second kappa shape index (κ2) is 8.04. The number of rotatable bonds is 10. The zero-order valence-corrected chi connectivity index (χ0v) is 16.3. The lowest BCUT2D eigenvalue weighted by Crippen LogP contribution is -2.84. The van der Waals surface area contributed by atoms with Gasteiger partial charge in [-0.15, -0.1) is 0 Å². The molecular formula is C19H25ClN2O5. The van der Waals surface area contributed by atoms with Crippen molar-refractivity contribution in [3.05, 3.63) is 29.3 Å². The lowest BCUT2D eigenvalue weighted by atomic mass is 9.44. The maximum Gasteiger partial charge on any atom is 0.258 e. The van der Waals surface area contributed by atoms with Crippen molar-refractivity contribution in [2.75, 3.05) is 26.9 Å². The number of benzene rings is 1. The summed E-state index contributed by atoms with van der Waals surface area (Å²) < 4.78 is 15.8. The van der Waals surface area contributed by atoms with Gasteiger partial charge in [0.1, 0.15) is 12.4 Å². The van der Waals surface area contributed by atoms with Gasteiger partial charge in [-0.25, -0.2) is 0 Å². The Morgan fingerprint density at radius 3 is 2.19 bits per heavy atom. The van der Waals surface area contributed by atoms with E-state index in [2.05, 4.69) is 10.6 Å². The largest absolute Gasteiger partial charge is 0.484 e. The Bertz CT molecular complexity index is 674. The Labute approximate surface area is 163 Å². The molecule has 1 aromatic rings. The number of ether oxygens (including phenoxy) is 3. The van der Waals surface area contributed by atoms with Crippen LogP contribution in [0, 0.1) is 0 Å². The molecule has 4 rings (SSSR count). The van der Waals surface area contributed by atoms with E-state index in [-0.39, 0.29) is 42.2 Å². The van der Waals surface area contributed by atoms with Crippen LogP contribution in [0.3, 0.4) is 0 Å². The number of halogens is 1. The van der Waals surface area contributed by atoms with E-state index in [4.69, 9.17) is 25.8 Å². The Hall–Kier alpha value is -1.83. The highest BCUT2D eigenvalue weighted by Gasteiger charge is 2.69. The second-order valence-electron chi connectivity index (χ2n) is 7.51. The number of hydrogen-bond donors (Lipinski definition) is 2. The van der Waals surface area contributed by atoms with Crippen LogP contribution >= 0.6 is 11.6 Å². The zero-order valence-electron chi connectivity index (χ0n) is 15.5. The first-order valence-electron chi connectivity index (χ1n) is 8.95. The Balaban J connectivity index is 1.33. The second-order valence-corrected chi connectivity index (χ2v) is 7.94. The minimum atomic E-state index is -0.210. The molecule has 0 radical (unpaired) electrons. The van der Waals surface area contributed by atoms with Crippen molar-refractivity contribution in [3.63, 3.8) is 0 Å². The molecule has 1 unspecified atom stereocenters. The molecule has 148 valence electrons. The van der Waals surface area contributed by atoms with Crippen LogP contribution in [0.5, 0.6) is 5.75 Å². The van der Waals surface area contributed by atoms with Gasteiger partial charge in [0.05, 0.1) is 12.7 Å². The quantitative estimate of drug-likeness (QED) is 0.628. The van der Waals surface area contributed by atoms with Gasteiger partial charge in [0.2, 0.25) is 5.91 Å². The van der Waals surface area contributed by atoms with Crippen molar-refractivity contribution in [2.45, 2.75) is 43.4 Å². The van der Waals surface area contributed by atoms with Crippen LogP contribution in [0.4, 0.5) is 0 Å². The van der Waals surface area contributed by atoms with Crippen LogP contribution in [0.25, 0.3) is 0 Å². The van der Waals surface area contributed by atoms with E-state index in [1.54, 1.807) is 31.4 Å². The van der Waals surface area contributed by atoms with Crippen LogP contribution in [-0.4, -0.2) is 55.9 Å². The number of hydrogen-bond acceptors (Lipinski definition) is 5. The Kier molecular flexibility index (Phi) is 5.93. The van der Waals surface area contributed by atoms with Crippen molar-refractivity contribution in [1.29, 1.82) is 0 Å². The fourth-order valence-corrected chi connectivity index (χ4v) is 4.02. The normalized spacial score (nSPS) is 26.3. The smallest absolute Gasteiger partial charge is 0.258 e. The van der Waals surface area contributed by atoms with Crippen LogP contribution in [-0.2, 0) is 19.1 Å². The average Bonchev–Trinajstić information content (AvgIpc) is 2.57. The fraction of sp³-hybridized carbons (Fsp3) is 0.579. The van der Waals surface area contributed by atoms with Gasteiger partial charge in [-0.2, -0.15) is 0 Å². The average molecular weight is 397 g/mol. The first kappa shape index (κ1) is 19.9. The molecule has 7 nitrogen and oxygen atoms in total. The molecule has 2 bridgehead atoms. The van der Waals surface area contributed by atoms with Crippen molar-refractivity contribution in [3.8, 4) is 5.75 Å². The van der Waals surface area contributed by atoms with E-state index in [9.17, 15) is 9.59 Å². The Morgan fingerprint density at radius 2 is 1.63 bits per heavy atom. The topological polar surface area (TPSA) is 85.9 Å². The molecular weight excluding hydrogens is 372 g/mol. The highest BCUT2D eigenvalue weighted by molar-refractivity contribution is 6.30. The summed E-state index contributed by atoms with van der Waals surface area (Å²) in [6.45, 7) is 2.27. The van der Waals surface area contributed by atoms with E-state index >= 15 is 0 Å². The number of carbonyl (C=O) groups excluding carboxylic acids is 2. The summed E-state index contributed by atoms with van der Waals surface area (Å²) in [5, 5.41) is 6.65. The van der Waals surface area contributed by atoms with E-state index < -0.39 is 0 Å². The summed E-state index contributed by atoms with van der Waals surface area (Å²) in [4.78, 5) is 24.1. The maximum atomic E-state index is 12.1. The van der Waals surface area contributed by atoms with E-state index in [1.807, 2.05) is 6.92 Å². The first-order valence-corrected chi connectivity index (χ1v) is 9.32. The summed E-state index contributed by atoms with van der Waals surface area (Å²) in [6, 6.07) is 6.86. The van der Waals surface area contributed by atoms with Gasteiger partial charge in [0, 0.05) is 23.2 Å². The number of nitrogens with one attached hydrogen (secondary N) is 2. The number of amides is 2. The van der Waals surface area contributed by atoms with Crippen molar-refractivity contribution < 1.29 is 23.8 Å². The van der Waals surface area contributed by atoms with Gasteiger partial charge in [-0.1, -0.05) is 11.6 Å². The lowest BCUT2D eigenvalue weighted by molar-refractivity contribution is -0.153. The van der Waals surface area contributed by atoms with Crippen LogP contribution < -0.4 is 15.4 Å². The number of methoxy groups -OCH3 is 1. The molecule has 3 saturated carbocycles. The molecule has 0 aromatic heterocycles. The third-order valence-corrected chi connectivity index (χ3v) is 5.18. The van der Waals surface area contributed by atoms with Crippen LogP contribution in [0.2, 0.25) is 5.02 Å². The molecule has 3 aliphatic rings. The van der Waals surface area contributed by atoms with Gasteiger partial charge >= 0.3 is 0 Å². The molecule has 0 aliphatic heterocycles. The molecule has 2 N–H and O–H groups in total.